The van der Waals surface area contributed by atoms with Crippen LogP contribution in [0.25, 0.3) is 0 Å². The Morgan fingerprint density at radius 1 is 1.24 bits per heavy atom. The maximum atomic E-state index is 12.7. The van der Waals surface area contributed by atoms with Crippen LogP contribution in [0.3, 0.4) is 0 Å². The van der Waals surface area contributed by atoms with Gasteiger partial charge in [0.25, 0.3) is 0 Å². The lowest BCUT2D eigenvalue weighted by Gasteiger charge is -2.27. The molecule has 1 aromatic carbocycles. The number of aryl methyl sites for hydroxylation is 2. The molecule has 4 rings (SSSR count). The van der Waals surface area contributed by atoms with Crippen LogP contribution in [0.15, 0.2) is 30.3 Å². The first-order valence-electron chi connectivity index (χ1n) is 9.18. The third-order valence-corrected chi connectivity index (χ3v) is 5.16. The summed E-state index contributed by atoms with van der Waals surface area (Å²) in [6.45, 7) is 3.74. The summed E-state index contributed by atoms with van der Waals surface area (Å²) in [4.78, 5) is 12.7. The summed E-state index contributed by atoms with van der Waals surface area (Å²) in [5.41, 5.74) is 1.03. The van der Waals surface area contributed by atoms with Crippen LogP contribution < -0.4 is 10.6 Å². The summed E-state index contributed by atoms with van der Waals surface area (Å²) < 4.78 is 2.21. The van der Waals surface area contributed by atoms with E-state index >= 15 is 0 Å². The molecule has 0 bridgehead atoms. The van der Waals surface area contributed by atoms with Gasteiger partial charge >= 0.3 is 0 Å². The standard InChI is InChI=1S/C19H25N5O/c1-13-22-23-17-10-7-14(12-24(13)17)11-20-18(15-5-3-2-4-6-15)19(25)21-16-8-9-16/h2-6,14,16,18,20H,7-12H2,1H3,(H,21,25). The molecular formula is C19H25N5O. The van der Waals surface area contributed by atoms with E-state index in [1.165, 1.54) is 0 Å². The predicted molar refractivity (Wildman–Crippen MR) is 94.9 cm³/mol. The highest BCUT2D eigenvalue weighted by Gasteiger charge is 2.29. The highest BCUT2D eigenvalue weighted by atomic mass is 16.2. The third kappa shape index (κ3) is 3.74. The second kappa shape index (κ2) is 6.96. The summed E-state index contributed by atoms with van der Waals surface area (Å²) in [5.74, 6) is 2.64. The summed E-state index contributed by atoms with van der Waals surface area (Å²) >= 11 is 0. The lowest BCUT2D eigenvalue weighted by Crippen LogP contribution is -2.41. The van der Waals surface area contributed by atoms with Crippen LogP contribution in [-0.4, -0.2) is 33.3 Å². The van der Waals surface area contributed by atoms with Gasteiger partial charge in [0.05, 0.1) is 0 Å². The van der Waals surface area contributed by atoms with Gasteiger partial charge in [0, 0.05) is 25.6 Å². The molecule has 25 heavy (non-hydrogen) atoms. The van der Waals surface area contributed by atoms with Gasteiger partial charge in [-0.05, 0) is 37.7 Å². The van der Waals surface area contributed by atoms with Crippen molar-refractivity contribution in [3.8, 4) is 0 Å². The van der Waals surface area contributed by atoms with Crippen molar-refractivity contribution >= 4 is 5.91 Å². The van der Waals surface area contributed by atoms with E-state index in [9.17, 15) is 4.79 Å². The van der Waals surface area contributed by atoms with Gasteiger partial charge in [-0.15, -0.1) is 10.2 Å². The fraction of sp³-hybridized carbons (Fsp3) is 0.526. The van der Waals surface area contributed by atoms with Crippen molar-refractivity contribution in [2.24, 2.45) is 5.92 Å². The smallest absolute Gasteiger partial charge is 0.241 e. The number of aromatic nitrogens is 3. The van der Waals surface area contributed by atoms with Crippen LogP contribution >= 0.6 is 0 Å². The zero-order chi connectivity index (χ0) is 17.2. The quantitative estimate of drug-likeness (QED) is 0.841. The zero-order valence-electron chi connectivity index (χ0n) is 14.6. The minimum Gasteiger partial charge on any atom is -0.352 e. The average Bonchev–Trinajstić information content (AvgIpc) is 3.38. The SMILES string of the molecule is Cc1nnc2n1CC(CNC(C(=O)NC1CC1)c1ccccc1)CC2. The Morgan fingerprint density at radius 2 is 2.04 bits per heavy atom. The number of rotatable bonds is 6. The number of carbonyl (C=O) groups is 1. The largest absolute Gasteiger partial charge is 0.352 e. The van der Waals surface area contributed by atoms with Crippen molar-refractivity contribution in [3.63, 3.8) is 0 Å². The third-order valence-electron chi connectivity index (χ3n) is 5.16. The molecular weight excluding hydrogens is 314 g/mol. The molecule has 1 amide bonds. The summed E-state index contributed by atoms with van der Waals surface area (Å²) in [5, 5.41) is 15.1. The van der Waals surface area contributed by atoms with Crippen molar-refractivity contribution in [1.82, 2.24) is 25.4 Å². The van der Waals surface area contributed by atoms with Gasteiger partial charge < -0.3 is 15.2 Å². The van der Waals surface area contributed by atoms with E-state index < -0.39 is 0 Å². The number of amides is 1. The van der Waals surface area contributed by atoms with Crippen LogP contribution in [0.5, 0.6) is 0 Å². The van der Waals surface area contributed by atoms with E-state index in [1.807, 2.05) is 37.3 Å². The van der Waals surface area contributed by atoms with Gasteiger partial charge in [0.2, 0.25) is 5.91 Å². The number of carbonyl (C=O) groups excluding carboxylic acids is 1. The number of nitrogens with one attached hydrogen (secondary N) is 2. The lowest BCUT2D eigenvalue weighted by atomic mass is 9.98. The number of hydrogen-bond acceptors (Lipinski definition) is 4. The average molecular weight is 339 g/mol. The first-order valence-corrected chi connectivity index (χ1v) is 9.18. The minimum absolute atomic E-state index is 0.0886. The highest BCUT2D eigenvalue weighted by Crippen LogP contribution is 2.23. The molecule has 2 aliphatic rings. The maximum Gasteiger partial charge on any atom is 0.241 e. The van der Waals surface area contributed by atoms with Crippen molar-refractivity contribution < 1.29 is 4.79 Å². The molecule has 0 spiro atoms. The molecule has 2 heterocycles. The first-order chi connectivity index (χ1) is 12.2. The highest BCUT2D eigenvalue weighted by molar-refractivity contribution is 5.83. The van der Waals surface area contributed by atoms with Gasteiger partial charge in [0.1, 0.15) is 17.7 Å². The molecule has 1 aliphatic heterocycles. The Bertz CT molecular complexity index is 738. The molecule has 132 valence electrons. The molecule has 2 N–H and O–H groups in total. The van der Waals surface area contributed by atoms with E-state index in [1.54, 1.807) is 0 Å². The van der Waals surface area contributed by atoms with Crippen LogP contribution in [0.1, 0.15) is 42.5 Å². The zero-order valence-corrected chi connectivity index (χ0v) is 14.6. The van der Waals surface area contributed by atoms with Crippen LogP contribution in [0.2, 0.25) is 0 Å². The number of benzene rings is 1. The predicted octanol–water partition coefficient (Wildman–Crippen LogP) is 1.76. The lowest BCUT2D eigenvalue weighted by molar-refractivity contribution is -0.123. The Labute approximate surface area is 148 Å². The topological polar surface area (TPSA) is 71.8 Å². The normalized spacial score (nSPS) is 20.8. The van der Waals surface area contributed by atoms with Crippen molar-refractivity contribution in [2.45, 2.75) is 51.2 Å². The molecule has 0 radical (unpaired) electrons. The molecule has 1 fully saturated rings. The molecule has 2 aromatic rings. The van der Waals surface area contributed by atoms with Crippen molar-refractivity contribution in [3.05, 3.63) is 47.5 Å². The Morgan fingerprint density at radius 3 is 2.80 bits per heavy atom. The van der Waals surface area contributed by atoms with Crippen LogP contribution in [-0.2, 0) is 17.8 Å². The van der Waals surface area contributed by atoms with Crippen molar-refractivity contribution in [2.75, 3.05) is 6.54 Å². The molecule has 0 saturated heterocycles. The van der Waals surface area contributed by atoms with E-state index in [0.717, 1.165) is 56.0 Å². The molecule has 1 aliphatic carbocycles. The summed E-state index contributed by atoms with van der Waals surface area (Å²) in [6.07, 6.45) is 4.24. The van der Waals surface area contributed by atoms with E-state index in [4.69, 9.17) is 0 Å². The van der Waals surface area contributed by atoms with Gasteiger partial charge in [0.15, 0.2) is 0 Å². The fourth-order valence-electron chi connectivity index (χ4n) is 3.50. The first kappa shape index (κ1) is 16.3. The Balaban J connectivity index is 1.42. The van der Waals surface area contributed by atoms with E-state index in [2.05, 4.69) is 25.4 Å². The van der Waals surface area contributed by atoms with Crippen LogP contribution in [0, 0.1) is 12.8 Å². The Kier molecular flexibility index (Phi) is 4.53. The summed E-state index contributed by atoms with van der Waals surface area (Å²) in [6, 6.07) is 10.1. The van der Waals surface area contributed by atoms with Crippen LogP contribution in [0.4, 0.5) is 0 Å². The molecule has 2 atom stereocenters. The molecule has 1 aromatic heterocycles. The number of hydrogen-bond donors (Lipinski definition) is 2. The van der Waals surface area contributed by atoms with Gasteiger partial charge in [-0.3, -0.25) is 4.79 Å². The monoisotopic (exact) mass is 339 g/mol. The number of nitrogens with zero attached hydrogens (tertiary/aromatic N) is 3. The van der Waals surface area contributed by atoms with E-state index in [0.29, 0.717) is 12.0 Å². The molecule has 6 heteroatoms. The maximum absolute atomic E-state index is 12.7. The van der Waals surface area contributed by atoms with Crippen molar-refractivity contribution in [1.29, 1.82) is 0 Å². The molecule has 6 nitrogen and oxygen atoms in total. The minimum atomic E-state index is -0.287. The van der Waals surface area contributed by atoms with Gasteiger partial charge in [-0.2, -0.15) is 0 Å². The van der Waals surface area contributed by atoms with Gasteiger partial charge in [-0.1, -0.05) is 30.3 Å². The summed E-state index contributed by atoms with van der Waals surface area (Å²) in [7, 11) is 0. The molecule has 2 unspecified atom stereocenters. The second-order valence-corrected chi connectivity index (χ2v) is 7.21. The van der Waals surface area contributed by atoms with E-state index in [-0.39, 0.29) is 11.9 Å². The van der Waals surface area contributed by atoms with Gasteiger partial charge in [-0.25, -0.2) is 0 Å². The number of fused-ring (bicyclic) bond motifs is 1. The second-order valence-electron chi connectivity index (χ2n) is 7.21. The molecule has 1 saturated carbocycles. The Hall–Kier alpha value is -2.21. The fourth-order valence-corrected chi connectivity index (χ4v) is 3.50.